The maximum absolute atomic E-state index is 10.6. The molecule has 0 atom stereocenters. The van der Waals surface area contributed by atoms with Crippen LogP contribution in [-0.2, 0) is 11.2 Å². The highest BCUT2D eigenvalue weighted by atomic mass is 32.1. The molecule has 1 heterocycles. The second-order valence-corrected chi connectivity index (χ2v) is 5.39. The molecule has 1 N–H and O–H groups in total. The SMILES string of the molecule is Cc1cc(C)c(-c2csc(CC(=O)O)n2)cc1C. The number of aryl methyl sites for hydroxylation is 3. The normalized spacial score (nSPS) is 10.6. The zero-order chi connectivity index (χ0) is 13.3. The number of carbonyl (C=O) groups is 1. The van der Waals surface area contributed by atoms with Gasteiger partial charge in [0, 0.05) is 10.9 Å². The summed E-state index contributed by atoms with van der Waals surface area (Å²) in [4.78, 5) is 15.0. The molecule has 0 amide bonds. The first kappa shape index (κ1) is 12.8. The Kier molecular flexibility index (Phi) is 3.48. The minimum atomic E-state index is -0.840. The molecule has 0 aliphatic carbocycles. The highest BCUT2D eigenvalue weighted by Crippen LogP contribution is 2.27. The number of benzene rings is 1. The van der Waals surface area contributed by atoms with Crippen LogP contribution < -0.4 is 0 Å². The maximum Gasteiger partial charge on any atom is 0.310 e. The predicted molar refractivity (Wildman–Crippen MR) is 73.1 cm³/mol. The number of nitrogens with zero attached hydrogens (tertiary/aromatic N) is 1. The minimum Gasteiger partial charge on any atom is -0.481 e. The van der Waals surface area contributed by atoms with Crippen LogP contribution in [0.2, 0.25) is 0 Å². The number of hydrogen-bond donors (Lipinski definition) is 1. The van der Waals surface area contributed by atoms with Gasteiger partial charge in [0.1, 0.15) is 5.01 Å². The van der Waals surface area contributed by atoms with Gasteiger partial charge in [0.25, 0.3) is 0 Å². The van der Waals surface area contributed by atoms with Gasteiger partial charge >= 0.3 is 5.97 Å². The third-order valence-corrected chi connectivity index (χ3v) is 3.82. The number of aromatic nitrogens is 1. The van der Waals surface area contributed by atoms with E-state index in [1.807, 2.05) is 5.38 Å². The maximum atomic E-state index is 10.6. The number of hydrogen-bond acceptors (Lipinski definition) is 3. The van der Waals surface area contributed by atoms with Gasteiger partial charge < -0.3 is 5.11 Å². The lowest BCUT2D eigenvalue weighted by Gasteiger charge is -2.07. The molecule has 0 spiro atoms. The molecule has 2 aromatic rings. The van der Waals surface area contributed by atoms with Crippen molar-refractivity contribution in [3.05, 3.63) is 39.2 Å². The lowest BCUT2D eigenvalue weighted by Crippen LogP contribution is -1.99. The highest BCUT2D eigenvalue weighted by Gasteiger charge is 2.10. The molecule has 18 heavy (non-hydrogen) atoms. The summed E-state index contributed by atoms with van der Waals surface area (Å²) in [5.74, 6) is -0.840. The van der Waals surface area contributed by atoms with Crippen molar-refractivity contribution in [2.45, 2.75) is 27.2 Å². The number of thiazole rings is 1. The van der Waals surface area contributed by atoms with Gasteiger partial charge in [-0.25, -0.2) is 4.98 Å². The van der Waals surface area contributed by atoms with Gasteiger partial charge in [0.2, 0.25) is 0 Å². The molecular formula is C14H15NO2S. The summed E-state index contributed by atoms with van der Waals surface area (Å²) < 4.78 is 0. The molecule has 1 aromatic heterocycles. The third-order valence-electron chi connectivity index (χ3n) is 2.97. The molecule has 0 bridgehead atoms. The third kappa shape index (κ3) is 2.59. The molecule has 0 fully saturated rings. The Morgan fingerprint density at radius 1 is 1.22 bits per heavy atom. The van der Waals surface area contributed by atoms with Crippen molar-refractivity contribution in [1.29, 1.82) is 0 Å². The summed E-state index contributed by atoms with van der Waals surface area (Å²) in [6.45, 7) is 6.21. The molecule has 3 nitrogen and oxygen atoms in total. The van der Waals surface area contributed by atoms with Gasteiger partial charge in [-0.2, -0.15) is 0 Å². The van der Waals surface area contributed by atoms with Crippen LogP contribution in [0.25, 0.3) is 11.3 Å². The molecule has 0 saturated carbocycles. The van der Waals surface area contributed by atoms with E-state index in [1.54, 1.807) is 0 Å². The summed E-state index contributed by atoms with van der Waals surface area (Å²) in [7, 11) is 0. The van der Waals surface area contributed by atoms with E-state index in [1.165, 1.54) is 28.0 Å². The standard InChI is InChI=1S/C14H15NO2S/c1-8-4-10(3)11(5-9(8)2)12-7-18-13(15-12)6-14(16)17/h4-5,7H,6H2,1-3H3,(H,16,17). The number of carboxylic acid groups (broad SMARTS) is 1. The van der Waals surface area contributed by atoms with Crippen LogP contribution in [0, 0.1) is 20.8 Å². The van der Waals surface area contributed by atoms with Crippen molar-refractivity contribution in [3.8, 4) is 11.3 Å². The quantitative estimate of drug-likeness (QED) is 0.921. The first-order chi connectivity index (χ1) is 8.47. The Hall–Kier alpha value is -1.68. The smallest absolute Gasteiger partial charge is 0.310 e. The first-order valence-electron chi connectivity index (χ1n) is 5.72. The second-order valence-electron chi connectivity index (χ2n) is 4.45. The van der Waals surface area contributed by atoms with E-state index in [4.69, 9.17) is 5.11 Å². The largest absolute Gasteiger partial charge is 0.481 e. The average molecular weight is 261 g/mol. The van der Waals surface area contributed by atoms with Crippen LogP contribution in [0.4, 0.5) is 0 Å². The highest BCUT2D eigenvalue weighted by molar-refractivity contribution is 7.10. The van der Waals surface area contributed by atoms with Crippen molar-refractivity contribution in [2.24, 2.45) is 0 Å². The summed E-state index contributed by atoms with van der Waals surface area (Å²) in [5, 5.41) is 11.3. The van der Waals surface area contributed by atoms with Crippen LogP contribution in [0.1, 0.15) is 21.7 Å². The van der Waals surface area contributed by atoms with E-state index in [9.17, 15) is 4.79 Å². The van der Waals surface area contributed by atoms with Crippen molar-refractivity contribution >= 4 is 17.3 Å². The van der Waals surface area contributed by atoms with Crippen molar-refractivity contribution in [3.63, 3.8) is 0 Å². The van der Waals surface area contributed by atoms with Crippen molar-refractivity contribution < 1.29 is 9.90 Å². The zero-order valence-corrected chi connectivity index (χ0v) is 11.5. The summed E-state index contributed by atoms with van der Waals surface area (Å²) in [6, 6.07) is 4.26. The number of rotatable bonds is 3. The molecular weight excluding hydrogens is 246 g/mol. The van der Waals surface area contributed by atoms with Gasteiger partial charge in [0.05, 0.1) is 12.1 Å². The van der Waals surface area contributed by atoms with Gasteiger partial charge in [-0.3, -0.25) is 4.79 Å². The number of aliphatic carboxylic acids is 1. The van der Waals surface area contributed by atoms with Gasteiger partial charge in [0.15, 0.2) is 0 Å². The van der Waals surface area contributed by atoms with Crippen molar-refractivity contribution in [2.75, 3.05) is 0 Å². The molecule has 94 valence electrons. The van der Waals surface area contributed by atoms with Crippen LogP contribution >= 0.6 is 11.3 Å². The average Bonchev–Trinajstić information content (AvgIpc) is 2.70. The summed E-state index contributed by atoms with van der Waals surface area (Å²) in [5.41, 5.74) is 5.62. The molecule has 0 aliphatic heterocycles. The van der Waals surface area contributed by atoms with E-state index in [0.717, 1.165) is 11.3 Å². The Morgan fingerprint density at radius 3 is 2.56 bits per heavy atom. The lowest BCUT2D eigenvalue weighted by atomic mass is 9.99. The second kappa shape index (κ2) is 4.90. The van der Waals surface area contributed by atoms with Crippen LogP contribution in [0.15, 0.2) is 17.5 Å². The van der Waals surface area contributed by atoms with E-state index >= 15 is 0 Å². The Labute approximate surface area is 110 Å². The monoisotopic (exact) mass is 261 g/mol. The number of carboxylic acids is 1. The van der Waals surface area contributed by atoms with Gasteiger partial charge in [-0.05, 0) is 43.5 Å². The first-order valence-corrected chi connectivity index (χ1v) is 6.59. The molecule has 0 aliphatic rings. The molecule has 0 radical (unpaired) electrons. The fourth-order valence-electron chi connectivity index (χ4n) is 1.88. The fourth-order valence-corrected chi connectivity index (χ4v) is 2.67. The Morgan fingerprint density at radius 2 is 1.89 bits per heavy atom. The van der Waals surface area contributed by atoms with E-state index in [2.05, 4.69) is 37.9 Å². The van der Waals surface area contributed by atoms with E-state index in [0.29, 0.717) is 5.01 Å². The summed E-state index contributed by atoms with van der Waals surface area (Å²) in [6.07, 6.45) is -0.00540. The molecule has 0 unspecified atom stereocenters. The van der Waals surface area contributed by atoms with Gasteiger partial charge in [-0.15, -0.1) is 11.3 Å². The summed E-state index contributed by atoms with van der Waals surface area (Å²) >= 11 is 1.40. The minimum absolute atomic E-state index is 0.00540. The van der Waals surface area contributed by atoms with Crippen LogP contribution in [0.5, 0.6) is 0 Å². The van der Waals surface area contributed by atoms with Crippen LogP contribution in [-0.4, -0.2) is 16.1 Å². The zero-order valence-electron chi connectivity index (χ0n) is 10.7. The van der Waals surface area contributed by atoms with Crippen molar-refractivity contribution in [1.82, 2.24) is 4.98 Å². The van der Waals surface area contributed by atoms with E-state index in [-0.39, 0.29) is 6.42 Å². The molecule has 4 heteroatoms. The predicted octanol–water partition coefficient (Wildman–Crippen LogP) is 3.36. The fraction of sp³-hybridized carbons (Fsp3) is 0.286. The molecule has 0 saturated heterocycles. The topological polar surface area (TPSA) is 50.2 Å². The molecule has 2 rings (SSSR count). The molecule has 1 aromatic carbocycles. The lowest BCUT2D eigenvalue weighted by molar-refractivity contribution is -0.136. The Balaban J connectivity index is 2.40. The van der Waals surface area contributed by atoms with Gasteiger partial charge in [-0.1, -0.05) is 6.07 Å². The Bertz CT molecular complexity index is 602. The van der Waals surface area contributed by atoms with Crippen LogP contribution in [0.3, 0.4) is 0 Å². The van der Waals surface area contributed by atoms with E-state index < -0.39 is 5.97 Å².